The average Bonchev–Trinajstić information content (AvgIpc) is 3.23. The fourth-order valence-electron chi connectivity index (χ4n) is 3.90. The third-order valence-corrected chi connectivity index (χ3v) is 6.60. The van der Waals surface area contributed by atoms with E-state index in [1.807, 2.05) is 45.0 Å². The number of para-hydroxylation sites is 1. The Morgan fingerprint density at radius 2 is 1.89 bits per heavy atom. The molecular formula is C27H32N4O3S. The monoisotopic (exact) mass is 492 g/mol. The van der Waals surface area contributed by atoms with Crippen LogP contribution in [0, 0.1) is 6.92 Å². The van der Waals surface area contributed by atoms with Crippen LogP contribution in [0.4, 0.5) is 5.95 Å². The Balaban J connectivity index is 1.75. The van der Waals surface area contributed by atoms with Gasteiger partial charge >= 0.3 is 5.97 Å². The maximum atomic E-state index is 13.3. The molecule has 4 rings (SSSR count). The number of carbonyl (C=O) groups is 1. The standard InChI is InChI=1S/C27H32N4O3S/c1-6-15-35-27-29-26-28-19(5)23(25(32)34-17(2)3)24(31(26)30-27)21-9-7-8-10-22(21)33-16-20-13-11-18(4)12-14-20/h7-14,17,24H,6,15-16H2,1-5H3,(H,28,29,30). The summed E-state index contributed by atoms with van der Waals surface area (Å²) in [7, 11) is 0. The van der Waals surface area contributed by atoms with Gasteiger partial charge in [-0.1, -0.05) is 66.7 Å². The molecule has 0 saturated heterocycles. The molecule has 0 radical (unpaired) electrons. The number of allylic oxidation sites excluding steroid dienone is 1. The van der Waals surface area contributed by atoms with Crippen LogP contribution >= 0.6 is 11.8 Å². The average molecular weight is 493 g/mol. The second-order valence-electron chi connectivity index (χ2n) is 8.84. The number of hydrogen-bond donors (Lipinski definition) is 1. The van der Waals surface area contributed by atoms with Gasteiger partial charge in [0.25, 0.3) is 0 Å². The van der Waals surface area contributed by atoms with Crippen LogP contribution in [0.15, 0.2) is 65.0 Å². The number of thioether (sulfide) groups is 1. The summed E-state index contributed by atoms with van der Waals surface area (Å²) in [6, 6.07) is 15.5. The van der Waals surface area contributed by atoms with Gasteiger partial charge in [-0.25, -0.2) is 9.48 Å². The zero-order valence-electron chi connectivity index (χ0n) is 20.9. The van der Waals surface area contributed by atoms with Gasteiger partial charge in [0.1, 0.15) is 18.4 Å². The maximum Gasteiger partial charge on any atom is 0.338 e. The molecule has 184 valence electrons. The molecule has 2 aromatic carbocycles. The number of hydrogen-bond acceptors (Lipinski definition) is 7. The third-order valence-electron chi connectivity index (χ3n) is 5.56. The molecule has 0 spiro atoms. The van der Waals surface area contributed by atoms with Crippen LogP contribution in [0.5, 0.6) is 5.75 Å². The van der Waals surface area contributed by atoms with Crippen molar-refractivity contribution in [3.05, 3.63) is 76.5 Å². The van der Waals surface area contributed by atoms with Gasteiger partial charge in [-0.3, -0.25) is 0 Å². The molecule has 35 heavy (non-hydrogen) atoms. The largest absolute Gasteiger partial charge is 0.489 e. The Morgan fingerprint density at radius 3 is 2.60 bits per heavy atom. The number of fused-ring (bicyclic) bond motifs is 1. The second kappa shape index (κ2) is 11.0. The SMILES string of the molecule is CCCSc1nc2n(n1)C(c1ccccc1OCc1ccc(C)cc1)C(C(=O)OC(C)C)=C(C)N2. The number of nitrogens with one attached hydrogen (secondary N) is 1. The number of esters is 1. The van der Waals surface area contributed by atoms with Crippen LogP contribution < -0.4 is 10.1 Å². The highest BCUT2D eigenvalue weighted by Gasteiger charge is 2.37. The van der Waals surface area contributed by atoms with E-state index in [0.717, 1.165) is 23.3 Å². The summed E-state index contributed by atoms with van der Waals surface area (Å²) >= 11 is 1.60. The lowest BCUT2D eigenvalue weighted by molar-refractivity contribution is -0.143. The fraction of sp³-hybridized carbons (Fsp3) is 0.370. The molecule has 1 N–H and O–H groups in total. The summed E-state index contributed by atoms with van der Waals surface area (Å²) in [5, 5.41) is 8.70. The van der Waals surface area contributed by atoms with Gasteiger partial charge in [0.15, 0.2) is 0 Å². The van der Waals surface area contributed by atoms with Crippen LogP contribution in [0.1, 0.15) is 56.8 Å². The Morgan fingerprint density at radius 1 is 1.14 bits per heavy atom. The minimum Gasteiger partial charge on any atom is -0.489 e. The number of aryl methyl sites for hydroxylation is 1. The quantitative estimate of drug-likeness (QED) is 0.294. The van der Waals surface area contributed by atoms with E-state index >= 15 is 0 Å². The number of aromatic nitrogens is 3. The van der Waals surface area contributed by atoms with Crippen molar-refractivity contribution in [3.63, 3.8) is 0 Å². The summed E-state index contributed by atoms with van der Waals surface area (Å²) in [4.78, 5) is 18.0. The minimum absolute atomic E-state index is 0.246. The van der Waals surface area contributed by atoms with Crippen molar-refractivity contribution < 1.29 is 14.3 Å². The second-order valence-corrected chi connectivity index (χ2v) is 9.91. The topological polar surface area (TPSA) is 78.3 Å². The summed E-state index contributed by atoms with van der Waals surface area (Å²) in [5.41, 5.74) is 4.29. The highest BCUT2D eigenvalue weighted by Crippen LogP contribution is 2.40. The first-order valence-corrected chi connectivity index (χ1v) is 12.9. The Kier molecular flexibility index (Phi) is 7.80. The molecule has 0 amide bonds. The molecule has 0 fully saturated rings. The van der Waals surface area contributed by atoms with Crippen molar-refractivity contribution >= 4 is 23.7 Å². The third kappa shape index (κ3) is 5.70. The molecular weight excluding hydrogens is 460 g/mol. The molecule has 1 aliphatic rings. The smallest absolute Gasteiger partial charge is 0.338 e. The number of benzene rings is 2. The van der Waals surface area contributed by atoms with Gasteiger partial charge in [0.05, 0.1) is 11.7 Å². The molecule has 1 aliphatic heterocycles. The molecule has 3 aromatic rings. The van der Waals surface area contributed by atoms with Crippen molar-refractivity contribution in [2.45, 2.75) is 64.9 Å². The summed E-state index contributed by atoms with van der Waals surface area (Å²) in [6.45, 7) is 10.2. The normalized spacial score (nSPS) is 15.1. The fourth-order valence-corrected chi connectivity index (χ4v) is 4.58. The Hall–Kier alpha value is -3.26. The first-order chi connectivity index (χ1) is 16.9. The summed E-state index contributed by atoms with van der Waals surface area (Å²) in [6.07, 6.45) is 0.772. The molecule has 1 atom stereocenters. The van der Waals surface area contributed by atoms with Gasteiger partial charge in [-0.15, -0.1) is 5.10 Å². The van der Waals surface area contributed by atoms with E-state index in [-0.39, 0.29) is 12.1 Å². The Bertz CT molecular complexity index is 1220. The molecule has 7 nitrogen and oxygen atoms in total. The lowest BCUT2D eigenvalue weighted by Gasteiger charge is -2.29. The van der Waals surface area contributed by atoms with Crippen molar-refractivity contribution in [2.24, 2.45) is 0 Å². The maximum absolute atomic E-state index is 13.3. The number of anilines is 1. The molecule has 1 unspecified atom stereocenters. The van der Waals surface area contributed by atoms with Crippen molar-refractivity contribution in [3.8, 4) is 5.75 Å². The first-order valence-electron chi connectivity index (χ1n) is 11.9. The molecule has 2 heterocycles. The highest BCUT2D eigenvalue weighted by molar-refractivity contribution is 7.99. The summed E-state index contributed by atoms with van der Waals surface area (Å²) < 4.78 is 13.7. The molecule has 0 aliphatic carbocycles. The van der Waals surface area contributed by atoms with Gasteiger partial charge in [-0.2, -0.15) is 4.98 Å². The van der Waals surface area contributed by atoms with E-state index in [1.54, 1.807) is 16.4 Å². The van der Waals surface area contributed by atoms with Gasteiger partial charge in [0, 0.05) is 17.0 Å². The van der Waals surface area contributed by atoms with E-state index < -0.39 is 6.04 Å². The summed E-state index contributed by atoms with van der Waals surface area (Å²) in [5.74, 6) is 1.82. The molecule has 0 bridgehead atoms. The molecule has 0 saturated carbocycles. The Labute approximate surface area is 210 Å². The zero-order valence-corrected chi connectivity index (χ0v) is 21.7. The van der Waals surface area contributed by atoms with Gasteiger partial charge in [0.2, 0.25) is 11.1 Å². The van der Waals surface area contributed by atoms with Crippen LogP contribution in [-0.4, -0.2) is 32.6 Å². The van der Waals surface area contributed by atoms with E-state index in [9.17, 15) is 4.79 Å². The number of rotatable bonds is 9. The minimum atomic E-state index is -0.532. The van der Waals surface area contributed by atoms with Crippen LogP contribution in [0.3, 0.4) is 0 Å². The van der Waals surface area contributed by atoms with Crippen LogP contribution in [0.2, 0.25) is 0 Å². The molecule has 8 heteroatoms. The number of nitrogens with zero attached hydrogens (tertiary/aromatic N) is 3. The van der Waals surface area contributed by atoms with Crippen LogP contribution in [0.25, 0.3) is 0 Å². The predicted molar refractivity (Wildman–Crippen MR) is 139 cm³/mol. The first kappa shape index (κ1) is 24.9. The van der Waals surface area contributed by atoms with Gasteiger partial charge < -0.3 is 14.8 Å². The van der Waals surface area contributed by atoms with Gasteiger partial charge in [-0.05, 0) is 45.7 Å². The zero-order chi connectivity index (χ0) is 24.9. The van der Waals surface area contributed by atoms with E-state index in [1.165, 1.54) is 5.56 Å². The highest BCUT2D eigenvalue weighted by atomic mass is 32.2. The lowest BCUT2D eigenvalue weighted by atomic mass is 9.95. The lowest BCUT2D eigenvalue weighted by Crippen LogP contribution is -2.31. The van der Waals surface area contributed by atoms with E-state index in [2.05, 4.69) is 48.4 Å². The van der Waals surface area contributed by atoms with E-state index in [0.29, 0.717) is 34.7 Å². The molecule has 1 aromatic heterocycles. The van der Waals surface area contributed by atoms with Crippen molar-refractivity contribution in [1.29, 1.82) is 0 Å². The predicted octanol–water partition coefficient (Wildman–Crippen LogP) is 5.91. The number of ether oxygens (including phenoxy) is 2. The van der Waals surface area contributed by atoms with Crippen LogP contribution in [-0.2, 0) is 16.1 Å². The van der Waals surface area contributed by atoms with E-state index in [4.69, 9.17) is 14.6 Å². The van der Waals surface area contributed by atoms with Crippen molar-refractivity contribution in [1.82, 2.24) is 14.8 Å². The van der Waals surface area contributed by atoms with Crippen molar-refractivity contribution in [2.75, 3.05) is 11.1 Å². The number of carbonyl (C=O) groups excluding carboxylic acids is 1.